The number of ether oxygens (including phenoxy) is 1. The third kappa shape index (κ3) is 3.12. The summed E-state index contributed by atoms with van der Waals surface area (Å²) in [5.74, 6) is -0.498. The van der Waals surface area contributed by atoms with Crippen LogP contribution in [0.2, 0.25) is 0 Å². The number of halogens is 1. The number of Topliss-reactive ketones (excluding diaryl/α,β-unsaturated/α-hetero) is 1. The van der Waals surface area contributed by atoms with Gasteiger partial charge in [-0.1, -0.05) is 0 Å². The van der Waals surface area contributed by atoms with Crippen molar-refractivity contribution in [2.24, 2.45) is 5.73 Å². The van der Waals surface area contributed by atoms with Gasteiger partial charge in [-0.15, -0.1) is 0 Å². The molecule has 0 bridgehead atoms. The van der Waals surface area contributed by atoms with E-state index in [1.165, 1.54) is 18.2 Å². The molecular formula is C12H16FNO2. The SMILES string of the molecule is COCCC(N)C(=O)c1ccc(F)c(C)c1. The van der Waals surface area contributed by atoms with Gasteiger partial charge in [-0.25, -0.2) is 4.39 Å². The Morgan fingerprint density at radius 1 is 1.56 bits per heavy atom. The Hall–Kier alpha value is -1.26. The molecule has 1 rings (SSSR count). The van der Waals surface area contributed by atoms with Crippen LogP contribution in [0.4, 0.5) is 4.39 Å². The maximum absolute atomic E-state index is 13.0. The number of hydrogen-bond donors (Lipinski definition) is 1. The number of aryl methyl sites for hydroxylation is 1. The monoisotopic (exact) mass is 225 g/mol. The van der Waals surface area contributed by atoms with Crippen molar-refractivity contribution >= 4 is 5.78 Å². The zero-order valence-electron chi connectivity index (χ0n) is 9.50. The number of rotatable bonds is 5. The predicted molar refractivity (Wildman–Crippen MR) is 59.9 cm³/mol. The maximum atomic E-state index is 13.0. The van der Waals surface area contributed by atoms with Crippen LogP contribution < -0.4 is 5.73 Å². The van der Waals surface area contributed by atoms with E-state index >= 15 is 0 Å². The number of ketones is 1. The quantitative estimate of drug-likeness (QED) is 0.776. The summed E-state index contributed by atoms with van der Waals surface area (Å²) in [5.41, 5.74) is 6.60. The lowest BCUT2D eigenvalue weighted by Crippen LogP contribution is -2.31. The van der Waals surface area contributed by atoms with Gasteiger partial charge in [0.1, 0.15) is 5.82 Å². The zero-order chi connectivity index (χ0) is 12.1. The fourth-order valence-corrected chi connectivity index (χ4v) is 1.39. The molecule has 1 aromatic rings. The smallest absolute Gasteiger partial charge is 0.179 e. The molecule has 0 aliphatic rings. The van der Waals surface area contributed by atoms with Gasteiger partial charge in [0.15, 0.2) is 5.78 Å². The molecule has 0 saturated heterocycles. The van der Waals surface area contributed by atoms with Gasteiger partial charge in [-0.3, -0.25) is 4.79 Å². The molecule has 1 atom stereocenters. The Kier molecular flexibility index (Phi) is 4.58. The molecule has 0 aromatic heterocycles. The van der Waals surface area contributed by atoms with Crippen molar-refractivity contribution in [3.63, 3.8) is 0 Å². The average Bonchev–Trinajstić information content (AvgIpc) is 2.28. The van der Waals surface area contributed by atoms with E-state index in [0.29, 0.717) is 24.2 Å². The molecule has 0 fully saturated rings. The van der Waals surface area contributed by atoms with Crippen molar-refractivity contribution in [3.05, 3.63) is 35.1 Å². The van der Waals surface area contributed by atoms with Gasteiger partial charge in [0.05, 0.1) is 6.04 Å². The van der Waals surface area contributed by atoms with Gasteiger partial charge in [0.25, 0.3) is 0 Å². The van der Waals surface area contributed by atoms with E-state index in [4.69, 9.17) is 10.5 Å². The molecule has 1 aromatic carbocycles. The Labute approximate surface area is 94.4 Å². The Balaban J connectivity index is 2.76. The van der Waals surface area contributed by atoms with Crippen LogP contribution in [0.15, 0.2) is 18.2 Å². The normalized spacial score (nSPS) is 12.5. The van der Waals surface area contributed by atoms with Crippen LogP contribution in [0.3, 0.4) is 0 Å². The second-order valence-corrected chi connectivity index (χ2v) is 3.72. The van der Waals surface area contributed by atoms with Crippen LogP contribution in [0.5, 0.6) is 0 Å². The van der Waals surface area contributed by atoms with Gasteiger partial charge < -0.3 is 10.5 Å². The van der Waals surface area contributed by atoms with E-state index in [1.807, 2.05) is 0 Å². The molecule has 0 aliphatic heterocycles. The first-order chi connectivity index (χ1) is 7.56. The van der Waals surface area contributed by atoms with Crippen LogP contribution >= 0.6 is 0 Å². The van der Waals surface area contributed by atoms with Gasteiger partial charge in [0.2, 0.25) is 0 Å². The zero-order valence-corrected chi connectivity index (χ0v) is 9.50. The van der Waals surface area contributed by atoms with E-state index in [2.05, 4.69) is 0 Å². The van der Waals surface area contributed by atoms with E-state index < -0.39 is 6.04 Å². The van der Waals surface area contributed by atoms with Gasteiger partial charge in [-0.2, -0.15) is 0 Å². The second-order valence-electron chi connectivity index (χ2n) is 3.72. The first kappa shape index (κ1) is 12.8. The van der Waals surface area contributed by atoms with Crippen molar-refractivity contribution in [2.45, 2.75) is 19.4 Å². The third-order valence-corrected chi connectivity index (χ3v) is 2.41. The van der Waals surface area contributed by atoms with Crippen molar-refractivity contribution in [1.29, 1.82) is 0 Å². The standard InChI is InChI=1S/C12H16FNO2/c1-8-7-9(3-4-10(8)13)12(15)11(14)5-6-16-2/h3-4,7,11H,5-6,14H2,1-2H3. The summed E-state index contributed by atoms with van der Waals surface area (Å²) in [7, 11) is 1.55. The molecule has 88 valence electrons. The highest BCUT2D eigenvalue weighted by Gasteiger charge is 2.16. The fourth-order valence-electron chi connectivity index (χ4n) is 1.39. The lowest BCUT2D eigenvalue weighted by atomic mass is 10.0. The molecule has 0 aliphatic carbocycles. The molecular weight excluding hydrogens is 209 g/mol. The van der Waals surface area contributed by atoms with Gasteiger partial charge in [0, 0.05) is 19.3 Å². The number of nitrogens with two attached hydrogens (primary N) is 1. The number of carbonyl (C=O) groups excluding carboxylic acids is 1. The van der Waals surface area contributed by atoms with Crippen LogP contribution in [0, 0.1) is 12.7 Å². The Morgan fingerprint density at radius 3 is 2.81 bits per heavy atom. The molecule has 0 heterocycles. The number of carbonyl (C=O) groups is 1. The molecule has 4 heteroatoms. The Morgan fingerprint density at radius 2 is 2.25 bits per heavy atom. The summed E-state index contributed by atoms with van der Waals surface area (Å²) in [6.07, 6.45) is 0.464. The minimum absolute atomic E-state index is 0.180. The summed E-state index contributed by atoms with van der Waals surface area (Å²) in [6, 6.07) is 3.66. The summed E-state index contributed by atoms with van der Waals surface area (Å²) < 4.78 is 17.9. The van der Waals surface area contributed by atoms with E-state index in [0.717, 1.165) is 0 Å². The molecule has 1 unspecified atom stereocenters. The molecule has 0 amide bonds. The minimum atomic E-state index is -0.593. The van der Waals surface area contributed by atoms with E-state index in [1.54, 1.807) is 14.0 Å². The van der Waals surface area contributed by atoms with Crippen LogP contribution in [-0.2, 0) is 4.74 Å². The maximum Gasteiger partial charge on any atom is 0.179 e. The summed E-state index contributed by atoms with van der Waals surface area (Å²) in [5, 5.41) is 0. The lowest BCUT2D eigenvalue weighted by molar-refractivity contribution is 0.0935. The number of hydrogen-bond acceptors (Lipinski definition) is 3. The fraction of sp³-hybridized carbons (Fsp3) is 0.417. The highest BCUT2D eigenvalue weighted by molar-refractivity contribution is 6.00. The van der Waals surface area contributed by atoms with E-state index in [-0.39, 0.29) is 11.6 Å². The van der Waals surface area contributed by atoms with Crippen molar-refractivity contribution < 1.29 is 13.9 Å². The summed E-state index contributed by atoms with van der Waals surface area (Å²) in [6.45, 7) is 2.06. The number of benzene rings is 1. The van der Waals surface area contributed by atoms with Crippen molar-refractivity contribution in [1.82, 2.24) is 0 Å². The molecule has 3 nitrogen and oxygen atoms in total. The first-order valence-electron chi connectivity index (χ1n) is 5.11. The average molecular weight is 225 g/mol. The minimum Gasteiger partial charge on any atom is -0.385 e. The van der Waals surface area contributed by atoms with Crippen molar-refractivity contribution in [2.75, 3.05) is 13.7 Å². The molecule has 2 N–H and O–H groups in total. The molecule has 0 saturated carbocycles. The second kappa shape index (κ2) is 5.72. The molecule has 0 radical (unpaired) electrons. The summed E-state index contributed by atoms with van der Waals surface area (Å²) >= 11 is 0. The van der Waals surface area contributed by atoms with Crippen LogP contribution in [-0.4, -0.2) is 25.5 Å². The van der Waals surface area contributed by atoms with Crippen LogP contribution in [0.25, 0.3) is 0 Å². The molecule has 0 spiro atoms. The van der Waals surface area contributed by atoms with Crippen LogP contribution in [0.1, 0.15) is 22.3 Å². The predicted octanol–water partition coefficient (Wildman–Crippen LogP) is 1.68. The first-order valence-corrected chi connectivity index (χ1v) is 5.11. The van der Waals surface area contributed by atoms with Crippen molar-refractivity contribution in [3.8, 4) is 0 Å². The largest absolute Gasteiger partial charge is 0.385 e. The lowest BCUT2D eigenvalue weighted by Gasteiger charge is -2.10. The highest BCUT2D eigenvalue weighted by Crippen LogP contribution is 2.11. The number of methoxy groups -OCH3 is 1. The van der Waals surface area contributed by atoms with Gasteiger partial charge in [-0.05, 0) is 37.1 Å². The Bertz CT molecular complexity index is 379. The summed E-state index contributed by atoms with van der Waals surface area (Å²) in [4.78, 5) is 11.8. The third-order valence-electron chi connectivity index (χ3n) is 2.41. The van der Waals surface area contributed by atoms with Gasteiger partial charge >= 0.3 is 0 Å². The molecule has 16 heavy (non-hydrogen) atoms. The topological polar surface area (TPSA) is 52.3 Å². The highest BCUT2D eigenvalue weighted by atomic mass is 19.1. The van der Waals surface area contributed by atoms with E-state index in [9.17, 15) is 9.18 Å².